The molecule has 0 heterocycles. The quantitative estimate of drug-likeness (QED) is 0.0195. The topological polar surface area (TPSA) is 111 Å². The number of carboxylic acids is 1. The minimum absolute atomic E-state index is 0.151. The Morgan fingerprint density at radius 2 is 0.785 bits per heavy atom. The van der Waals surface area contributed by atoms with E-state index >= 15 is 0 Å². The Hall–Kier alpha value is -1.97. The minimum Gasteiger partial charge on any atom is -0.545 e. The first-order valence-corrected chi connectivity index (χ1v) is 27.8. The second kappa shape index (κ2) is 48.5. The SMILES string of the molecule is CCCCCCCCCC/C=C\CCCCCCCCCCCC(=O)OC(COC(=O)CCCCCCCCCCCCCCCCCCCCC)COC(OCC[N+](C)(C)C)C(=O)[O-]. The van der Waals surface area contributed by atoms with Crippen LogP contribution in [0.2, 0.25) is 0 Å². The molecule has 0 rings (SSSR count). The molecule has 9 nitrogen and oxygen atoms in total. The van der Waals surface area contributed by atoms with Crippen molar-refractivity contribution in [3.8, 4) is 0 Å². The molecule has 9 heteroatoms. The third kappa shape index (κ3) is 49.8. The van der Waals surface area contributed by atoms with Crippen LogP contribution < -0.4 is 5.11 Å². The molecule has 0 aliphatic rings. The van der Waals surface area contributed by atoms with E-state index in [1.54, 1.807) is 0 Å². The van der Waals surface area contributed by atoms with Crippen molar-refractivity contribution in [2.24, 2.45) is 0 Å². The molecule has 0 amide bonds. The van der Waals surface area contributed by atoms with E-state index in [4.69, 9.17) is 18.9 Å². The number of nitrogens with zero attached hydrogens (tertiary/aromatic N) is 1. The summed E-state index contributed by atoms with van der Waals surface area (Å²) in [6, 6.07) is 0. The highest BCUT2D eigenvalue weighted by atomic mass is 16.7. The molecule has 0 aliphatic carbocycles. The van der Waals surface area contributed by atoms with Gasteiger partial charge in [0, 0.05) is 12.8 Å². The fourth-order valence-electron chi connectivity index (χ4n) is 8.18. The number of likely N-dealkylation sites (N-methyl/N-ethyl adjacent to an activating group) is 1. The Kier molecular flexibility index (Phi) is 47.0. The first-order valence-electron chi connectivity index (χ1n) is 27.8. The number of rotatable bonds is 52. The first kappa shape index (κ1) is 63.0. The number of unbranched alkanes of at least 4 members (excludes halogenated alkanes) is 35. The van der Waals surface area contributed by atoms with Gasteiger partial charge < -0.3 is 33.3 Å². The molecule has 65 heavy (non-hydrogen) atoms. The van der Waals surface area contributed by atoms with Crippen molar-refractivity contribution in [3.63, 3.8) is 0 Å². The van der Waals surface area contributed by atoms with Gasteiger partial charge in [0.15, 0.2) is 12.4 Å². The number of carbonyl (C=O) groups excluding carboxylic acids is 3. The van der Waals surface area contributed by atoms with E-state index < -0.39 is 24.3 Å². The molecule has 0 aromatic heterocycles. The fraction of sp³-hybridized carbons (Fsp3) is 0.911. The van der Waals surface area contributed by atoms with Gasteiger partial charge in [-0.2, -0.15) is 0 Å². The first-order chi connectivity index (χ1) is 31.6. The summed E-state index contributed by atoms with van der Waals surface area (Å²) in [5.74, 6) is -2.26. The molecule has 2 unspecified atom stereocenters. The van der Waals surface area contributed by atoms with Gasteiger partial charge in [-0.15, -0.1) is 0 Å². The van der Waals surface area contributed by atoms with Gasteiger partial charge in [0.05, 0.1) is 40.3 Å². The number of carbonyl (C=O) groups is 3. The van der Waals surface area contributed by atoms with Crippen LogP contribution >= 0.6 is 0 Å². The maximum absolute atomic E-state index is 12.8. The molecule has 0 saturated heterocycles. The largest absolute Gasteiger partial charge is 0.545 e. The predicted molar refractivity (Wildman–Crippen MR) is 270 cm³/mol. The van der Waals surface area contributed by atoms with Gasteiger partial charge in [0.1, 0.15) is 13.2 Å². The van der Waals surface area contributed by atoms with Gasteiger partial charge in [-0.1, -0.05) is 231 Å². The molecule has 2 atom stereocenters. The van der Waals surface area contributed by atoms with Crippen LogP contribution in [0.4, 0.5) is 0 Å². The van der Waals surface area contributed by atoms with E-state index in [9.17, 15) is 19.5 Å². The van der Waals surface area contributed by atoms with E-state index in [1.807, 2.05) is 21.1 Å². The summed E-state index contributed by atoms with van der Waals surface area (Å²) < 4.78 is 22.7. The second-order valence-electron chi connectivity index (χ2n) is 20.2. The van der Waals surface area contributed by atoms with Gasteiger partial charge in [0.25, 0.3) is 0 Å². The van der Waals surface area contributed by atoms with Crippen LogP contribution in [0.3, 0.4) is 0 Å². The molecule has 0 N–H and O–H groups in total. The lowest BCUT2D eigenvalue weighted by Gasteiger charge is -2.26. The Balaban J connectivity index is 4.25. The predicted octanol–water partition coefficient (Wildman–Crippen LogP) is 14.5. The van der Waals surface area contributed by atoms with Crippen molar-refractivity contribution in [2.45, 2.75) is 283 Å². The van der Waals surface area contributed by atoms with Crippen LogP contribution in [0.15, 0.2) is 12.2 Å². The molecule has 0 radical (unpaired) electrons. The fourth-order valence-corrected chi connectivity index (χ4v) is 8.18. The van der Waals surface area contributed by atoms with Crippen molar-refractivity contribution in [3.05, 3.63) is 12.2 Å². The zero-order valence-electron chi connectivity index (χ0n) is 43.6. The molecule has 0 saturated carbocycles. The van der Waals surface area contributed by atoms with Crippen LogP contribution in [-0.4, -0.2) is 82.3 Å². The summed E-state index contributed by atoms with van der Waals surface area (Å²) in [7, 11) is 5.93. The third-order valence-corrected chi connectivity index (χ3v) is 12.5. The number of esters is 2. The maximum Gasteiger partial charge on any atom is 0.306 e. The summed E-state index contributed by atoms with van der Waals surface area (Å²) in [6.45, 7) is 4.79. The normalized spacial score (nSPS) is 12.8. The summed E-state index contributed by atoms with van der Waals surface area (Å²) in [5.41, 5.74) is 0. The lowest BCUT2D eigenvalue weighted by Crippen LogP contribution is -2.44. The summed E-state index contributed by atoms with van der Waals surface area (Å²) in [5, 5.41) is 11.8. The van der Waals surface area contributed by atoms with Crippen molar-refractivity contribution < 1.29 is 42.9 Å². The van der Waals surface area contributed by atoms with Gasteiger partial charge in [-0.3, -0.25) is 9.59 Å². The number of hydrogen-bond donors (Lipinski definition) is 0. The van der Waals surface area contributed by atoms with E-state index in [1.165, 1.54) is 199 Å². The molecule has 0 fully saturated rings. The molecule has 0 aliphatic heterocycles. The summed E-state index contributed by atoms with van der Waals surface area (Å²) >= 11 is 0. The zero-order chi connectivity index (χ0) is 47.7. The number of carboxylic acid groups (broad SMARTS) is 1. The van der Waals surface area contributed by atoms with Gasteiger partial charge in [-0.05, 0) is 38.5 Å². The van der Waals surface area contributed by atoms with Crippen molar-refractivity contribution in [2.75, 3.05) is 47.5 Å². The van der Waals surface area contributed by atoms with Crippen LogP contribution in [-0.2, 0) is 33.3 Å². The summed E-state index contributed by atoms with van der Waals surface area (Å²) in [6.07, 6.45) is 51.0. The van der Waals surface area contributed by atoms with Gasteiger partial charge >= 0.3 is 11.9 Å². The average molecular weight is 922 g/mol. The standard InChI is InChI=1S/C56H107NO8/c1-6-8-10-12-14-16-18-20-22-24-26-27-29-31-33-35-37-39-41-43-45-47-54(59)65-52(51-64-56(55(60)61)62-49-48-57(3,4)5)50-63-53(58)46-44-42-40-38-36-34-32-30-28-25-23-21-19-17-15-13-11-9-7-2/h24,26,52,56H,6-23,25,27-51H2,1-5H3/b26-24-. The van der Waals surface area contributed by atoms with Gasteiger partial charge in [-0.25, -0.2) is 0 Å². The maximum atomic E-state index is 12.8. The monoisotopic (exact) mass is 922 g/mol. The van der Waals surface area contributed by atoms with E-state index in [2.05, 4.69) is 26.0 Å². The molecule has 0 spiro atoms. The van der Waals surface area contributed by atoms with Gasteiger partial charge in [0.2, 0.25) is 0 Å². The van der Waals surface area contributed by atoms with E-state index in [0.717, 1.165) is 38.5 Å². The second-order valence-corrected chi connectivity index (χ2v) is 20.2. The smallest absolute Gasteiger partial charge is 0.306 e. The lowest BCUT2D eigenvalue weighted by atomic mass is 10.0. The number of hydrogen-bond acceptors (Lipinski definition) is 8. The molecular formula is C56H107NO8. The van der Waals surface area contributed by atoms with E-state index in [-0.39, 0.29) is 32.2 Å². The van der Waals surface area contributed by atoms with Crippen molar-refractivity contribution in [1.82, 2.24) is 0 Å². The van der Waals surface area contributed by atoms with Crippen molar-refractivity contribution >= 4 is 17.9 Å². The molecular weight excluding hydrogens is 815 g/mol. The molecule has 384 valence electrons. The highest BCUT2D eigenvalue weighted by Crippen LogP contribution is 2.17. The van der Waals surface area contributed by atoms with Crippen molar-refractivity contribution in [1.29, 1.82) is 0 Å². The minimum atomic E-state index is -1.62. The highest BCUT2D eigenvalue weighted by Gasteiger charge is 2.22. The van der Waals surface area contributed by atoms with Crippen LogP contribution in [0, 0.1) is 0 Å². The average Bonchev–Trinajstić information content (AvgIpc) is 3.27. The lowest BCUT2D eigenvalue weighted by molar-refractivity contribution is -0.870. The Morgan fingerprint density at radius 1 is 0.446 bits per heavy atom. The number of ether oxygens (including phenoxy) is 4. The number of allylic oxidation sites excluding steroid dienone is 2. The molecule has 0 aromatic carbocycles. The Morgan fingerprint density at radius 3 is 1.14 bits per heavy atom. The van der Waals surface area contributed by atoms with Crippen LogP contribution in [0.25, 0.3) is 0 Å². The number of quaternary nitrogens is 1. The third-order valence-electron chi connectivity index (χ3n) is 12.5. The molecule has 0 aromatic rings. The Bertz CT molecular complexity index is 1070. The Labute approximate surface area is 402 Å². The molecule has 0 bridgehead atoms. The van der Waals surface area contributed by atoms with E-state index in [0.29, 0.717) is 23.9 Å². The van der Waals surface area contributed by atoms with Crippen LogP contribution in [0.1, 0.15) is 271 Å². The zero-order valence-corrected chi connectivity index (χ0v) is 43.6. The van der Waals surface area contributed by atoms with Crippen LogP contribution in [0.5, 0.6) is 0 Å². The highest BCUT2D eigenvalue weighted by molar-refractivity contribution is 5.70. The summed E-state index contributed by atoms with van der Waals surface area (Å²) in [4.78, 5) is 37.2. The number of aliphatic carboxylic acids is 1.